The van der Waals surface area contributed by atoms with E-state index in [1.54, 1.807) is 18.2 Å². The van der Waals surface area contributed by atoms with E-state index in [1.165, 1.54) is 67.6 Å². The van der Waals surface area contributed by atoms with Crippen LogP contribution in [-0.4, -0.2) is 33.1 Å². The number of nitriles is 1. The van der Waals surface area contributed by atoms with Gasteiger partial charge < -0.3 is 0 Å². The number of hydrogen-bond donors (Lipinski definition) is 1. The van der Waals surface area contributed by atoms with Gasteiger partial charge in [0, 0.05) is 41.1 Å². The van der Waals surface area contributed by atoms with E-state index in [4.69, 9.17) is 5.41 Å². The maximum absolute atomic E-state index is 13.0. The number of carbonyl (C=O) groups excluding carboxylic acids is 2. The highest BCUT2D eigenvalue weighted by Crippen LogP contribution is 2.31. The summed E-state index contributed by atoms with van der Waals surface area (Å²) >= 11 is 0. The Hall–Kier alpha value is -5.83. The van der Waals surface area contributed by atoms with Gasteiger partial charge in [-0.25, -0.2) is 4.99 Å². The summed E-state index contributed by atoms with van der Waals surface area (Å²) in [5.41, 5.74) is -0.651. The minimum Gasteiger partial charge on any atom is -0.288 e. The van der Waals surface area contributed by atoms with Crippen molar-refractivity contribution in [2.75, 3.05) is 4.90 Å². The molecule has 4 rings (SSSR count). The maximum atomic E-state index is 13.0. The molecule has 186 valence electrons. The first-order valence-electron chi connectivity index (χ1n) is 10.9. The van der Waals surface area contributed by atoms with E-state index in [1.807, 2.05) is 0 Å². The lowest BCUT2D eigenvalue weighted by Gasteiger charge is -2.25. The van der Waals surface area contributed by atoms with Crippen LogP contribution in [0.4, 0.5) is 22.7 Å². The molecule has 1 N–H and O–H groups in total. The summed E-state index contributed by atoms with van der Waals surface area (Å²) in [6.45, 7) is 1.48. The number of non-ortho nitro benzene ring substituents is 2. The highest BCUT2D eigenvalue weighted by atomic mass is 16.6. The summed E-state index contributed by atoms with van der Waals surface area (Å²) < 4.78 is 0. The zero-order valence-corrected chi connectivity index (χ0v) is 19.6. The fourth-order valence-electron chi connectivity index (χ4n) is 3.90. The predicted molar refractivity (Wildman–Crippen MR) is 137 cm³/mol. The van der Waals surface area contributed by atoms with E-state index in [-0.39, 0.29) is 39.7 Å². The van der Waals surface area contributed by atoms with Crippen LogP contribution in [0, 0.1) is 37.0 Å². The highest BCUT2D eigenvalue weighted by molar-refractivity contribution is 6.43. The largest absolute Gasteiger partial charge is 0.288 e. The summed E-state index contributed by atoms with van der Waals surface area (Å²) in [5, 5.41) is 40.9. The number of nitro groups is 2. The topological polar surface area (TPSA) is 184 Å². The normalized spacial score (nSPS) is 12.5. The Bertz CT molecular complexity index is 1590. The molecule has 0 saturated heterocycles. The lowest BCUT2D eigenvalue weighted by Crippen LogP contribution is -2.36. The number of nitro benzene ring substituents is 2. The van der Waals surface area contributed by atoms with E-state index in [2.05, 4.69) is 4.99 Å². The molecule has 0 aromatic heterocycles. The van der Waals surface area contributed by atoms with Crippen molar-refractivity contribution < 1.29 is 19.4 Å². The molecule has 0 aliphatic heterocycles. The number of nitrogens with zero attached hydrogens (tertiary/aromatic N) is 5. The third-order valence-corrected chi connectivity index (χ3v) is 5.69. The molecular formula is C26H16N6O6. The SMILES string of the molecule is CC(=Nc1ccc([N+](=O)[O-])cc1)N(C(=N)C(C#N)=C1C(=O)c2ccccc2C1=O)c1ccc([N+](=O)[O-])cc1. The zero-order chi connectivity index (χ0) is 27.6. The Morgan fingerprint density at radius 2 is 1.34 bits per heavy atom. The molecule has 0 amide bonds. The van der Waals surface area contributed by atoms with Gasteiger partial charge in [-0.05, 0) is 31.2 Å². The Morgan fingerprint density at radius 1 is 0.868 bits per heavy atom. The van der Waals surface area contributed by atoms with Crippen LogP contribution < -0.4 is 4.90 Å². The first-order valence-corrected chi connectivity index (χ1v) is 10.9. The number of fused-ring (bicyclic) bond motifs is 1. The quantitative estimate of drug-likeness (QED) is 0.0955. The standard InChI is InChI=1S/C26H16N6O6/c1-15(29-16-6-8-18(9-7-16)31(35)36)30(17-10-12-19(13-11-17)32(37)38)26(28)22(14-27)23-24(33)20-4-2-3-5-21(20)25(23)34/h2-13,28H,1H3. The number of rotatable bonds is 5. The summed E-state index contributed by atoms with van der Waals surface area (Å²) in [6, 6.07) is 18.1. The molecule has 0 unspecified atom stereocenters. The van der Waals surface area contributed by atoms with Crippen LogP contribution in [0.5, 0.6) is 0 Å². The molecule has 3 aromatic carbocycles. The van der Waals surface area contributed by atoms with Crippen LogP contribution in [0.15, 0.2) is 88.9 Å². The summed E-state index contributed by atoms with van der Waals surface area (Å²) in [6.07, 6.45) is 0. The molecular weight excluding hydrogens is 492 g/mol. The molecule has 12 heteroatoms. The lowest BCUT2D eigenvalue weighted by atomic mass is 10.0. The second-order valence-corrected chi connectivity index (χ2v) is 7.96. The number of anilines is 1. The van der Waals surface area contributed by atoms with Crippen molar-refractivity contribution in [1.82, 2.24) is 0 Å². The molecule has 0 bridgehead atoms. The van der Waals surface area contributed by atoms with Crippen molar-refractivity contribution in [2.24, 2.45) is 4.99 Å². The molecule has 0 atom stereocenters. The molecule has 1 aliphatic rings. The van der Waals surface area contributed by atoms with Gasteiger partial charge in [-0.3, -0.25) is 40.1 Å². The third-order valence-electron chi connectivity index (χ3n) is 5.69. The molecule has 0 radical (unpaired) electrons. The number of amidine groups is 2. The molecule has 0 fully saturated rings. The summed E-state index contributed by atoms with van der Waals surface area (Å²) in [4.78, 5) is 52.5. The number of hydrogen-bond acceptors (Lipinski definition) is 9. The van der Waals surface area contributed by atoms with Crippen molar-refractivity contribution in [3.63, 3.8) is 0 Å². The van der Waals surface area contributed by atoms with Crippen LogP contribution in [0.25, 0.3) is 0 Å². The van der Waals surface area contributed by atoms with Gasteiger partial charge in [0.25, 0.3) is 11.4 Å². The Morgan fingerprint density at radius 3 is 1.79 bits per heavy atom. The number of carbonyl (C=O) groups is 2. The van der Waals surface area contributed by atoms with Crippen molar-refractivity contribution >= 4 is 46.0 Å². The molecule has 3 aromatic rings. The molecule has 12 nitrogen and oxygen atoms in total. The van der Waals surface area contributed by atoms with Crippen molar-refractivity contribution in [2.45, 2.75) is 6.92 Å². The van der Waals surface area contributed by atoms with Gasteiger partial charge in [-0.15, -0.1) is 0 Å². The van der Waals surface area contributed by atoms with E-state index < -0.39 is 38.4 Å². The maximum Gasteiger partial charge on any atom is 0.269 e. The average Bonchev–Trinajstić information content (AvgIpc) is 3.15. The fraction of sp³-hybridized carbons (Fsp3) is 0.0385. The predicted octanol–water partition coefficient (Wildman–Crippen LogP) is 4.94. The van der Waals surface area contributed by atoms with Crippen molar-refractivity contribution in [3.05, 3.63) is 115 Å². The van der Waals surface area contributed by atoms with E-state index in [0.717, 1.165) is 4.90 Å². The average molecular weight is 508 g/mol. The minimum absolute atomic E-state index is 0.0847. The highest BCUT2D eigenvalue weighted by Gasteiger charge is 2.37. The number of Topliss-reactive ketones (excluding diaryl/α,β-unsaturated/α-hetero) is 2. The first kappa shape index (κ1) is 25.3. The van der Waals surface area contributed by atoms with Crippen LogP contribution in [0.1, 0.15) is 27.6 Å². The second-order valence-electron chi connectivity index (χ2n) is 7.96. The number of benzene rings is 3. The van der Waals surface area contributed by atoms with Gasteiger partial charge in [-0.1, -0.05) is 24.3 Å². The van der Waals surface area contributed by atoms with Gasteiger partial charge in [0.1, 0.15) is 23.3 Å². The van der Waals surface area contributed by atoms with Crippen molar-refractivity contribution in [1.29, 1.82) is 10.7 Å². The van der Waals surface area contributed by atoms with Gasteiger partial charge in [0.2, 0.25) is 0 Å². The third kappa shape index (κ3) is 4.54. The van der Waals surface area contributed by atoms with E-state index >= 15 is 0 Å². The van der Waals surface area contributed by atoms with Gasteiger partial charge in [0.05, 0.1) is 21.1 Å². The molecule has 1 aliphatic carbocycles. The van der Waals surface area contributed by atoms with E-state index in [0.29, 0.717) is 0 Å². The Kier molecular flexibility index (Phi) is 6.67. The summed E-state index contributed by atoms with van der Waals surface area (Å²) in [7, 11) is 0. The monoisotopic (exact) mass is 508 g/mol. The fourth-order valence-corrected chi connectivity index (χ4v) is 3.90. The number of aliphatic imine (C=N–C) groups is 1. The van der Waals surface area contributed by atoms with Gasteiger partial charge in [0.15, 0.2) is 11.6 Å². The van der Waals surface area contributed by atoms with Crippen LogP contribution in [0.3, 0.4) is 0 Å². The Balaban J connectivity index is 1.84. The molecule has 0 spiro atoms. The van der Waals surface area contributed by atoms with Gasteiger partial charge >= 0.3 is 0 Å². The second kappa shape index (κ2) is 10.0. The van der Waals surface area contributed by atoms with E-state index in [9.17, 15) is 35.1 Å². The molecule has 38 heavy (non-hydrogen) atoms. The minimum atomic E-state index is -0.694. The number of nitrogens with one attached hydrogen (secondary N) is 1. The Labute approximate surface area is 214 Å². The number of allylic oxidation sites excluding steroid dienone is 1. The molecule has 0 heterocycles. The lowest BCUT2D eigenvalue weighted by molar-refractivity contribution is -0.385. The van der Waals surface area contributed by atoms with Crippen LogP contribution in [0.2, 0.25) is 0 Å². The van der Waals surface area contributed by atoms with Gasteiger partial charge in [-0.2, -0.15) is 5.26 Å². The smallest absolute Gasteiger partial charge is 0.269 e. The molecule has 0 saturated carbocycles. The first-order chi connectivity index (χ1) is 18.1. The summed E-state index contributed by atoms with van der Waals surface area (Å²) in [5.74, 6) is -1.86. The zero-order valence-electron chi connectivity index (χ0n) is 19.6. The van der Waals surface area contributed by atoms with Crippen LogP contribution >= 0.6 is 0 Å². The van der Waals surface area contributed by atoms with Crippen LogP contribution in [-0.2, 0) is 0 Å². The van der Waals surface area contributed by atoms with Crippen molar-refractivity contribution in [3.8, 4) is 6.07 Å². The number of ketones is 2.